The van der Waals surface area contributed by atoms with Crippen LogP contribution < -0.4 is 0 Å². The summed E-state index contributed by atoms with van der Waals surface area (Å²) < 4.78 is 7.49. The van der Waals surface area contributed by atoms with Crippen molar-refractivity contribution >= 4 is 0 Å². The van der Waals surface area contributed by atoms with Crippen LogP contribution in [0.25, 0.3) is 11.3 Å². The molecule has 1 fully saturated rings. The van der Waals surface area contributed by atoms with Gasteiger partial charge in [0.25, 0.3) is 0 Å². The van der Waals surface area contributed by atoms with Crippen LogP contribution in [0.15, 0.2) is 61.3 Å². The lowest BCUT2D eigenvalue weighted by atomic mass is 10.0. The third-order valence-electron chi connectivity index (χ3n) is 5.03. The van der Waals surface area contributed by atoms with E-state index in [-0.39, 0.29) is 0 Å². The molecule has 0 spiro atoms. The summed E-state index contributed by atoms with van der Waals surface area (Å²) in [6.45, 7) is 6.73. The van der Waals surface area contributed by atoms with Crippen LogP contribution >= 0.6 is 0 Å². The van der Waals surface area contributed by atoms with Gasteiger partial charge in [-0.1, -0.05) is 30.3 Å². The van der Waals surface area contributed by atoms with Crippen molar-refractivity contribution in [2.45, 2.75) is 19.5 Å². The molecule has 1 aromatic carbocycles. The zero-order valence-corrected chi connectivity index (χ0v) is 15.1. The molecule has 1 unspecified atom stereocenters. The van der Waals surface area contributed by atoms with Crippen molar-refractivity contribution in [3.8, 4) is 11.3 Å². The monoisotopic (exact) mass is 348 g/mol. The van der Waals surface area contributed by atoms with Crippen LogP contribution in [0.1, 0.15) is 24.1 Å². The highest BCUT2D eigenvalue weighted by molar-refractivity contribution is 5.59. The molecule has 26 heavy (non-hydrogen) atoms. The molecule has 0 amide bonds. The highest BCUT2D eigenvalue weighted by Crippen LogP contribution is 2.24. The van der Waals surface area contributed by atoms with Gasteiger partial charge in [0, 0.05) is 49.8 Å². The molecular weight excluding hydrogens is 324 g/mol. The van der Waals surface area contributed by atoms with Gasteiger partial charge in [-0.05, 0) is 24.1 Å². The summed E-state index contributed by atoms with van der Waals surface area (Å²) in [4.78, 5) is 11.2. The molecular formula is C21H24N4O. The minimum Gasteiger partial charge on any atom is -0.379 e. The maximum absolute atomic E-state index is 5.45. The second kappa shape index (κ2) is 7.81. The highest BCUT2D eigenvalue weighted by atomic mass is 16.5. The Bertz CT molecular complexity index is 806. The van der Waals surface area contributed by atoms with E-state index in [1.807, 2.05) is 23.3 Å². The molecule has 1 aliphatic heterocycles. The molecule has 3 heterocycles. The Kier molecular flexibility index (Phi) is 5.09. The standard InChI is InChI=1S/C21H24N4O/c1-17(25-10-12-26-13-11-25)19-3-5-20(6-4-19)21-7-2-18(14-23-21)15-24-9-8-22-16-24/h2-9,14,16-17H,10-13,15H2,1H3. The minimum atomic E-state index is 0.415. The Hall–Kier alpha value is -2.50. The number of benzene rings is 1. The van der Waals surface area contributed by atoms with Crippen molar-refractivity contribution in [1.82, 2.24) is 19.4 Å². The van der Waals surface area contributed by atoms with Crippen LogP contribution in [0.5, 0.6) is 0 Å². The first-order valence-electron chi connectivity index (χ1n) is 9.12. The van der Waals surface area contributed by atoms with E-state index in [1.54, 1.807) is 6.20 Å². The average Bonchev–Trinajstić information content (AvgIpc) is 3.22. The van der Waals surface area contributed by atoms with Crippen molar-refractivity contribution in [3.63, 3.8) is 0 Å². The molecule has 1 aliphatic rings. The molecule has 4 rings (SSSR count). The van der Waals surface area contributed by atoms with Crippen molar-refractivity contribution < 1.29 is 4.74 Å². The molecule has 0 bridgehead atoms. The van der Waals surface area contributed by atoms with E-state index >= 15 is 0 Å². The van der Waals surface area contributed by atoms with E-state index in [0.29, 0.717) is 6.04 Å². The van der Waals surface area contributed by atoms with Gasteiger partial charge in [0.1, 0.15) is 0 Å². The SMILES string of the molecule is CC(c1ccc(-c2ccc(Cn3ccnc3)cn2)cc1)N1CCOCC1. The van der Waals surface area contributed by atoms with Gasteiger partial charge >= 0.3 is 0 Å². The number of aromatic nitrogens is 3. The van der Waals surface area contributed by atoms with Gasteiger partial charge in [-0.3, -0.25) is 9.88 Å². The van der Waals surface area contributed by atoms with E-state index in [2.05, 4.69) is 58.2 Å². The van der Waals surface area contributed by atoms with Crippen LogP contribution in [0, 0.1) is 0 Å². The number of hydrogen-bond donors (Lipinski definition) is 0. The first kappa shape index (κ1) is 16.9. The third kappa shape index (κ3) is 3.84. The minimum absolute atomic E-state index is 0.415. The fraction of sp³-hybridized carbons (Fsp3) is 0.333. The zero-order chi connectivity index (χ0) is 17.8. The quantitative estimate of drug-likeness (QED) is 0.709. The maximum Gasteiger partial charge on any atom is 0.0949 e. The second-order valence-corrected chi connectivity index (χ2v) is 6.73. The lowest BCUT2D eigenvalue weighted by molar-refractivity contribution is 0.0198. The summed E-state index contributed by atoms with van der Waals surface area (Å²) >= 11 is 0. The smallest absolute Gasteiger partial charge is 0.0949 e. The van der Waals surface area contributed by atoms with Gasteiger partial charge in [-0.15, -0.1) is 0 Å². The number of pyridine rings is 1. The summed E-state index contributed by atoms with van der Waals surface area (Å²) in [5.41, 5.74) is 4.67. The van der Waals surface area contributed by atoms with E-state index in [1.165, 1.54) is 11.1 Å². The summed E-state index contributed by atoms with van der Waals surface area (Å²) in [6, 6.07) is 13.4. The Morgan fingerprint density at radius 2 is 1.88 bits per heavy atom. The predicted molar refractivity (Wildman–Crippen MR) is 102 cm³/mol. The van der Waals surface area contributed by atoms with Crippen LogP contribution in [-0.4, -0.2) is 45.7 Å². The molecule has 1 saturated heterocycles. The predicted octanol–water partition coefficient (Wildman–Crippen LogP) is 3.39. The highest BCUT2D eigenvalue weighted by Gasteiger charge is 2.18. The normalized spacial score (nSPS) is 16.5. The topological polar surface area (TPSA) is 43.2 Å². The number of morpholine rings is 1. The lowest BCUT2D eigenvalue weighted by Crippen LogP contribution is -2.37. The number of rotatable bonds is 5. The van der Waals surface area contributed by atoms with E-state index in [0.717, 1.165) is 44.1 Å². The molecule has 134 valence electrons. The van der Waals surface area contributed by atoms with Gasteiger partial charge < -0.3 is 9.30 Å². The van der Waals surface area contributed by atoms with Crippen molar-refractivity contribution in [2.24, 2.45) is 0 Å². The maximum atomic E-state index is 5.45. The Morgan fingerprint density at radius 1 is 1.08 bits per heavy atom. The Morgan fingerprint density at radius 3 is 2.54 bits per heavy atom. The first-order chi connectivity index (χ1) is 12.8. The summed E-state index contributed by atoms with van der Waals surface area (Å²) in [5.74, 6) is 0. The Labute approximate surface area is 154 Å². The number of nitrogens with zero attached hydrogens (tertiary/aromatic N) is 4. The second-order valence-electron chi connectivity index (χ2n) is 6.73. The molecule has 0 saturated carbocycles. The van der Waals surface area contributed by atoms with Gasteiger partial charge in [0.2, 0.25) is 0 Å². The molecule has 3 aromatic rings. The summed E-state index contributed by atoms with van der Waals surface area (Å²) in [7, 11) is 0. The van der Waals surface area contributed by atoms with Crippen molar-refractivity contribution in [1.29, 1.82) is 0 Å². The molecule has 5 nitrogen and oxygen atoms in total. The van der Waals surface area contributed by atoms with Crippen LogP contribution in [0.4, 0.5) is 0 Å². The molecule has 5 heteroatoms. The van der Waals surface area contributed by atoms with Gasteiger partial charge in [0.15, 0.2) is 0 Å². The summed E-state index contributed by atoms with van der Waals surface area (Å²) in [6.07, 6.45) is 7.52. The summed E-state index contributed by atoms with van der Waals surface area (Å²) in [5, 5.41) is 0. The van der Waals surface area contributed by atoms with Gasteiger partial charge in [0.05, 0.1) is 25.2 Å². The fourth-order valence-electron chi connectivity index (χ4n) is 3.39. The average molecular weight is 348 g/mol. The largest absolute Gasteiger partial charge is 0.379 e. The van der Waals surface area contributed by atoms with Crippen LogP contribution in [0.3, 0.4) is 0 Å². The third-order valence-corrected chi connectivity index (χ3v) is 5.03. The van der Waals surface area contributed by atoms with E-state index in [4.69, 9.17) is 4.74 Å². The lowest BCUT2D eigenvalue weighted by Gasteiger charge is -2.32. The molecule has 1 atom stereocenters. The molecule has 0 radical (unpaired) electrons. The van der Waals surface area contributed by atoms with E-state index in [9.17, 15) is 0 Å². The van der Waals surface area contributed by atoms with Gasteiger partial charge in [-0.25, -0.2) is 4.98 Å². The van der Waals surface area contributed by atoms with Crippen molar-refractivity contribution in [3.05, 3.63) is 72.4 Å². The van der Waals surface area contributed by atoms with E-state index < -0.39 is 0 Å². The van der Waals surface area contributed by atoms with Crippen LogP contribution in [0.2, 0.25) is 0 Å². The molecule has 0 N–H and O–H groups in total. The number of imidazole rings is 1. The fourth-order valence-corrected chi connectivity index (χ4v) is 3.39. The van der Waals surface area contributed by atoms with Crippen molar-refractivity contribution in [2.75, 3.05) is 26.3 Å². The van der Waals surface area contributed by atoms with Gasteiger partial charge in [-0.2, -0.15) is 0 Å². The first-order valence-corrected chi connectivity index (χ1v) is 9.12. The number of ether oxygens (including phenoxy) is 1. The Balaban J connectivity index is 1.44. The molecule has 2 aromatic heterocycles. The zero-order valence-electron chi connectivity index (χ0n) is 15.1. The van der Waals surface area contributed by atoms with Crippen LogP contribution in [-0.2, 0) is 11.3 Å². The molecule has 0 aliphatic carbocycles. The number of hydrogen-bond acceptors (Lipinski definition) is 4.